The second-order valence-corrected chi connectivity index (χ2v) is 6.31. The Labute approximate surface area is 131 Å². The molecule has 0 aliphatic carbocycles. The van der Waals surface area contributed by atoms with Crippen molar-refractivity contribution < 1.29 is 14.7 Å². The van der Waals surface area contributed by atoms with Crippen LogP contribution < -0.4 is 0 Å². The SMILES string of the molecule is Cn1cc(-c2ncc(C(=O)N3CCCC[C@H]3C(=O)O)s2)cn1. The number of carbonyl (C=O) groups excluding carboxylic acids is 1. The number of thiazole rings is 1. The van der Waals surface area contributed by atoms with Gasteiger partial charge in [-0.3, -0.25) is 9.48 Å². The molecule has 7 nitrogen and oxygen atoms in total. The summed E-state index contributed by atoms with van der Waals surface area (Å²) in [5.74, 6) is -1.19. The van der Waals surface area contributed by atoms with Gasteiger partial charge >= 0.3 is 5.97 Å². The lowest BCUT2D eigenvalue weighted by Crippen LogP contribution is -2.47. The Balaban J connectivity index is 1.83. The third-order valence-electron chi connectivity index (χ3n) is 3.72. The van der Waals surface area contributed by atoms with Gasteiger partial charge in [0.2, 0.25) is 0 Å². The van der Waals surface area contributed by atoms with Gasteiger partial charge in [-0.05, 0) is 19.3 Å². The number of hydrogen-bond donors (Lipinski definition) is 1. The first kappa shape index (κ1) is 14.7. The van der Waals surface area contributed by atoms with Crippen LogP contribution >= 0.6 is 11.3 Å². The Morgan fingerprint density at radius 3 is 2.86 bits per heavy atom. The Morgan fingerprint density at radius 2 is 2.18 bits per heavy atom. The topological polar surface area (TPSA) is 88.3 Å². The molecule has 8 heteroatoms. The molecule has 1 saturated heterocycles. The summed E-state index contributed by atoms with van der Waals surface area (Å²) in [5, 5.41) is 14.1. The molecule has 1 fully saturated rings. The Kier molecular flexibility index (Phi) is 3.93. The lowest BCUT2D eigenvalue weighted by atomic mass is 10.0. The third kappa shape index (κ3) is 2.74. The number of carboxylic acid groups (broad SMARTS) is 1. The maximum atomic E-state index is 12.6. The highest BCUT2D eigenvalue weighted by Crippen LogP contribution is 2.27. The maximum Gasteiger partial charge on any atom is 0.326 e. The van der Waals surface area contributed by atoms with Gasteiger partial charge in [-0.15, -0.1) is 11.3 Å². The van der Waals surface area contributed by atoms with Crippen LogP contribution in [0.5, 0.6) is 0 Å². The molecular weight excluding hydrogens is 304 g/mol. The highest BCUT2D eigenvalue weighted by atomic mass is 32.1. The number of aromatic nitrogens is 3. The van der Waals surface area contributed by atoms with E-state index in [-0.39, 0.29) is 5.91 Å². The average Bonchev–Trinajstić information content (AvgIpc) is 3.15. The zero-order chi connectivity index (χ0) is 15.7. The molecule has 3 heterocycles. The fourth-order valence-corrected chi connectivity index (χ4v) is 3.46. The van der Waals surface area contributed by atoms with E-state index in [1.54, 1.807) is 10.9 Å². The number of rotatable bonds is 3. The molecule has 22 heavy (non-hydrogen) atoms. The van der Waals surface area contributed by atoms with Crippen molar-refractivity contribution in [3.05, 3.63) is 23.5 Å². The van der Waals surface area contributed by atoms with E-state index >= 15 is 0 Å². The van der Waals surface area contributed by atoms with E-state index in [1.807, 2.05) is 13.2 Å². The molecule has 1 N–H and O–H groups in total. The van der Waals surface area contributed by atoms with Crippen molar-refractivity contribution in [3.63, 3.8) is 0 Å². The lowest BCUT2D eigenvalue weighted by Gasteiger charge is -2.32. The summed E-state index contributed by atoms with van der Waals surface area (Å²) in [6.45, 7) is 0.482. The number of piperidine rings is 1. The normalized spacial score (nSPS) is 18.4. The molecule has 2 aromatic rings. The van der Waals surface area contributed by atoms with Gasteiger partial charge in [0.1, 0.15) is 15.9 Å². The van der Waals surface area contributed by atoms with Crippen molar-refractivity contribution in [1.82, 2.24) is 19.7 Å². The van der Waals surface area contributed by atoms with E-state index in [0.717, 1.165) is 18.4 Å². The number of carboxylic acids is 1. The summed E-state index contributed by atoms with van der Waals surface area (Å²) in [6, 6.07) is -0.731. The van der Waals surface area contributed by atoms with E-state index < -0.39 is 12.0 Å². The molecular formula is C14H16N4O3S. The molecule has 1 aliphatic heterocycles. The molecule has 0 aromatic carbocycles. The van der Waals surface area contributed by atoms with Crippen LogP contribution in [0.3, 0.4) is 0 Å². The summed E-state index contributed by atoms with van der Waals surface area (Å²) < 4.78 is 1.67. The smallest absolute Gasteiger partial charge is 0.326 e. The minimum Gasteiger partial charge on any atom is -0.480 e. The van der Waals surface area contributed by atoms with Gasteiger partial charge in [0.15, 0.2) is 0 Å². The molecule has 1 aliphatic rings. The second kappa shape index (κ2) is 5.88. The van der Waals surface area contributed by atoms with E-state index in [2.05, 4.69) is 10.1 Å². The van der Waals surface area contributed by atoms with Crippen molar-refractivity contribution in [3.8, 4) is 10.6 Å². The van der Waals surface area contributed by atoms with Gasteiger partial charge in [-0.1, -0.05) is 0 Å². The van der Waals surface area contributed by atoms with E-state index in [4.69, 9.17) is 0 Å². The average molecular weight is 320 g/mol. The van der Waals surface area contributed by atoms with Crippen LogP contribution in [0.1, 0.15) is 28.9 Å². The quantitative estimate of drug-likeness (QED) is 0.928. The predicted octanol–water partition coefficient (Wildman–Crippen LogP) is 1.62. The van der Waals surface area contributed by atoms with Crippen molar-refractivity contribution >= 4 is 23.2 Å². The molecule has 0 saturated carbocycles. The Bertz CT molecular complexity index is 709. The minimum absolute atomic E-state index is 0.250. The van der Waals surface area contributed by atoms with Crippen LogP contribution in [-0.2, 0) is 11.8 Å². The fourth-order valence-electron chi connectivity index (χ4n) is 2.61. The van der Waals surface area contributed by atoms with Crippen LogP contribution in [-0.4, -0.2) is 49.2 Å². The highest BCUT2D eigenvalue weighted by Gasteiger charge is 2.33. The molecule has 0 unspecified atom stereocenters. The van der Waals surface area contributed by atoms with Gasteiger partial charge < -0.3 is 10.0 Å². The number of hydrogen-bond acceptors (Lipinski definition) is 5. The number of aryl methyl sites for hydroxylation is 1. The summed E-state index contributed by atoms with van der Waals surface area (Å²) >= 11 is 1.27. The summed E-state index contributed by atoms with van der Waals surface area (Å²) in [5.41, 5.74) is 0.847. The molecule has 2 aromatic heterocycles. The van der Waals surface area contributed by atoms with Crippen molar-refractivity contribution in [2.24, 2.45) is 7.05 Å². The summed E-state index contributed by atoms with van der Waals surface area (Å²) in [6.07, 6.45) is 7.22. The van der Waals surface area contributed by atoms with Crippen molar-refractivity contribution in [2.45, 2.75) is 25.3 Å². The van der Waals surface area contributed by atoms with E-state index in [0.29, 0.717) is 22.9 Å². The summed E-state index contributed by atoms with van der Waals surface area (Å²) in [7, 11) is 1.81. The fraction of sp³-hybridized carbons (Fsp3) is 0.429. The number of likely N-dealkylation sites (tertiary alicyclic amines) is 1. The van der Waals surface area contributed by atoms with Gasteiger partial charge in [-0.2, -0.15) is 5.10 Å². The first-order valence-corrected chi connectivity index (χ1v) is 7.86. The number of aliphatic carboxylic acids is 1. The third-order valence-corrected chi connectivity index (χ3v) is 4.75. The second-order valence-electron chi connectivity index (χ2n) is 5.28. The van der Waals surface area contributed by atoms with Gasteiger partial charge in [0, 0.05) is 25.4 Å². The number of nitrogens with zero attached hydrogens (tertiary/aromatic N) is 4. The molecule has 0 spiro atoms. The van der Waals surface area contributed by atoms with Crippen LogP contribution in [0, 0.1) is 0 Å². The standard InChI is InChI=1S/C14H16N4O3S/c1-17-8-9(6-16-17)12-15-7-11(22-12)13(19)18-5-3-2-4-10(18)14(20)21/h6-8,10H,2-5H2,1H3,(H,20,21)/t10-/m0/s1. The molecule has 1 atom stereocenters. The van der Waals surface area contributed by atoms with E-state index in [9.17, 15) is 14.7 Å². The number of amides is 1. The zero-order valence-corrected chi connectivity index (χ0v) is 12.9. The largest absolute Gasteiger partial charge is 0.480 e. The van der Waals surface area contributed by atoms with Crippen LogP contribution in [0.15, 0.2) is 18.6 Å². The predicted molar refractivity (Wildman–Crippen MR) is 80.6 cm³/mol. The first-order chi connectivity index (χ1) is 10.6. The van der Waals surface area contributed by atoms with Crippen molar-refractivity contribution in [1.29, 1.82) is 0 Å². The van der Waals surface area contributed by atoms with E-state index in [1.165, 1.54) is 22.4 Å². The monoisotopic (exact) mass is 320 g/mol. The maximum absolute atomic E-state index is 12.6. The Hall–Kier alpha value is -2.22. The van der Waals surface area contributed by atoms with Gasteiger partial charge in [-0.25, -0.2) is 9.78 Å². The molecule has 1 amide bonds. The van der Waals surface area contributed by atoms with Crippen LogP contribution in [0.4, 0.5) is 0 Å². The first-order valence-electron chi connectivity index (χ1n) is 7.05. The van der Waals surface area contributed by atoms with Crippen molar-refractivity contribution in [2.75, 3.05) is 6.54 Å². The lowest BCUT2D eigenvalue weighted by molar-refractivity contribution is -0.143. The molecule has 0 radical (unpaired) electrons. The molecule has 0 bridgehead atoms. The molecule has 116 valence electrons. The Morgan fingerprint density at radius 1 is 1.36 bits per heavy atom. The van der Waals surface area contributed by atoms with Crippen LogP contribution in [0.25, 0.3) is 10.6 Å². The number of carbonyl (C=O) groups is 2. The van der Waals surface area contributed by atoms with Gasteiger partial charge in [0.25, 0.3) is 5.91 Å². The zero-order valence-electron chi connectivity index (χ0n) is 12.1. The summed E-state index contributed by atoms with van der Waals surface area (Å²) in [4.78, 5) is 30.1. The highest BCUT2D eigenvalue weighted by molar-refractivity contribution is 7.16. The molecule has 3 rings (SSSR count). The van der Waals surface area contributed by atoms with Gasteiger partial charge in [0.05, 0.1) is 12.4 Å². The van der Waals surface area contributed by atoms with Crippen LogP contribution in [0.2, 0.25) is 0 Å². The minimum atomic E-state index is -0.940.